The maximum absolute atomic E-state index is 12.5. The molecule has 1 aromatic heterocycles. The van der Waals surface area contributed by atoms with Crippen LogP contribution < -0.4 is 0 Å². The average Bonchev–Trinajstić information content (AvgIpc) is 2.99. The highest BCUT2D eigenvalue weighted by atomic mass is 16.5. The number of Topliss-reactive ketones (excluding diaryl/α,β-unsaturated/α-hetero) is 1. The molecule has 0 bridgehead atoms. The van der Waals surface area contributed by atoms with Gasteiger partial charge in [0.25, 0.3) is 0 Å². The van der Waals surface area contributed by atoms with Crippen molar-refractivity contribution in [3.05, 3.63) is 24.2 Å². The smallest absolute Gasteiger partial charge is 0.317 e. The van der Waals surface area contributed by atoms with Gasteiger partial charge in [-0.15, -0.1) is 0 Å². The van der Waals surface area contributed by atoms with Crippen LogP contribution in [0.25, 0.3) is 0 Å². The average molecular weight is 338 g/mol. The lowest BCUT2D eigenvalue weighted by Gasteiger charge is -2.42. The molecule has 0 amide bonds. The molecular weight excluding hydrogens is 316 g/mol. The lowest BCUT2D eigenvalue weighted by Crippen LogP contribution is -2.55. The maximum atomic E-state index is 12.5. The first-order chi connectivity index (χ1) is 11.3. The lowest BCUT2D eigenvalue weighted by molar-refractivity contribution is -0.173. The second-order valence-electron chi connectivity index (χ2n) is 6.00. The zero-order valence-electron chi connectivity index (χ0n) is 14.0. The number of hydrogen-bond acceptors (Lipinski definition) is 7. The zero-order chi connectivity index (χ0) is 17.9. The Morgan fingerprint density at radius 3 is 2.46 bits per heavy atom. The number of carbonyl (C=O) groups excluding carboxylic acids is 3. The van der Waals surface area contributed by atoms with Crippen molar-refractivity contribution in [3.8, 4) is 0 Å². The minimum absolute atomic E-state index is 0.105. The summed E-state index contributed by atoms with van der Waals surface area (Å²) in [6, 6.07) is 3.16. The second kappa shape index (κ2) is 7.17. The minimum Gasteiger partial charge on any atom is -0.469 e. The third-order valence-corrected chi connectivity index (χ3v) is 4.22. The fraction of sp³-hybridized carbons (Fsp3) is 0.588. The van der Waals surface area contributed by atoms with Gasteiger partial charge in [-0.2, -0.15) is 0 Å². The van der Waals surface area contributed by atoms with E-state index in [1.165, 1.54) is 13.2 Å². The van der Waals surface area contributed by atoms with E-state index in [1.807, 2.05) is 0 Å². The highest BCUT2D eigenvalue weighted by molar-refractivity contribution is 6.02. The first kappa shape index (κ1) is 18.2. The van der Waals surface area contributed by atoms with Crippen molar-refractivity contribution in [1.29, 1.82) is 0 Å². The maximum Gasteiger partial charge on any atom is 0.317 e. The van der Waals surface area contributed by atoms with Gasteiger partial charge in [-0.3, -0.25) is 14.4 Å². The summed E-state index contributed by atoms with van der Waals surface area (Å²) in [5.41, 5.74) is -1.65. The molecule has 7 heteroatoms. The fourth-order valence-corrected chi connectivity index (χ4v) is 3.30. The Bertz CT molecular complexity index is 602. The number of furan rings is 1. The number of ketones is 1. The van der Waals surface area contributed by atoms with Gasteiger partial charge in [0.05, 0.1) is 36.9 Å². The summed E-state index contributed by atoms with van der Waals surface area (Å²) in [7, 11) is 0. The van der Waals surface area contributed by atoms with Gasteiger partial charge in [0, 0.05) is 6.42 Å². The zero-order valence-corrected chi connectivity index (χ0v) is 14.0. The molecule has 0 radical (unpaired) electrons. The van der Waals surface area contributed by atoms with E-state index in [9.17, 15) is 19.5 Å². The van der Waals surface area contributed by atoms with Crippen LogP contribution >= 0.6 is 0 Å². The molecule has 1 aromatic rings. The van der Waals surface area contributed by atoms with Gasteiger partial charge >= 0.3 is 11.9 Å². The Morgan fingerprint density at radius 1 is 1.29 bits per heavy atom. The van der Waals surface area contributed by atoms with Gasteiger partial charge in [0.1, 0.15) is 11.7 Å². The standard InChI is InChI=1S/C17H22O7/c1-4-22-15(19)12-10(18)9-17(3,21)14(16(20)23-5-2)13(12)11-7-6-8-24-11/h6-8,12-14,21H,4-5,9H2,1-3H3/t12-,13-,14+,17+/m1/s1. The minimum atomic E-state index is -1.65. The van der Waals surface area contributed by atoms with E-state index in [1.54, 1.807) is 26.0 Å². The summed E-state index contributed by atoms with van der Waals surface area (Å²) in [6.07, 6.45) is 1.05. The molecule has 132 valence electrons. The van der Waals surface area contributed by atoms with E-state index in [-0.39, 0.29) is 25.4 Å². The second-order valence-corrected chi connectivity index (χ2v) is 6.00. The van der Waals surface area contributed by atoms with Gasteiger partial charge in [-0.25, -0.2) is 0 Å². The Morgan fingerprint density at radius 2 is 1.92 bits per heavy atom. The number of ether oxygens (including phenoxy) is 2. The van der Waals surface area contributed by atoms with E-state index in [4.69, 9.17) is 13.9 Å². The third-order valence-electron chi connectivity index (χ3n) is 4.22. The molecule has 2 rings (SSSR count). The van der Waals surface area contributed by atoms with Crippen molar-refractivity contribution in [2.45, 2.75) is 38.7 Å². The SMILES string of the molecule is CCOC(=O)[C@@H]1C(=O)C[C@](C)(O)[C@H](C(=O)OCC)[C@@H]1c1ccco1. The first-order valence-electron chi connectivity index (χ1n) is 7.95. The quantitative estimate of drug-likeness (QED) is 0.640. The molecule has 1 saturated carbocycles. The molecule has 0 spiro atoms. The van der Waals surface area contributed by atoms with Crippen LogP contribution in [0.3, 0.4) is 0 Å². The topological polar surface area (TPSA) is 103 Å². The van der Waals surface area contributed by atoms with E-state index in [0.29, 0.717) is 0 Å². The molecule has 0 unspecified atom stereocenters. The summed E-state index contributed by atoms with van der Waals surface area (Å²) in [6.45, 7) is 4.89. The number of rotatable bonds is 5. The van der Waals surface area contributed by atoms with Crippen LogP contribution in [-0.2, 0) is 23.9 Å². The lowest BCUT2D eigenvalue weighted by atomic mass is 9.63. The molecule has 0 saturated heterocycles. The van der Waals surface area contributed by atoms with Crippen LogP contribution in [-0.4, -0.2) is 41.6 Å². The number of esters is 2. The Labute approximate surface area is 139 Å². The monoisotopic (exact) mass is 338 g/mol. The number of aliphatic hydroxyl groups is 1. The summed E-state index contributed by atoms with van der Waals surface area (Å²) >= 11 is 0. The van der Waals surface area contributed by atoms with Gasteiger partial charge < -0.3 is 19.0 Å². The Hall–Kier alpha value is -2.15. The summed E-state index contributed by atoms with van der Waals surface area (Å²) in [5.74, 6) is -4.94. The highest BCUT2D eigenvalue weighted by Gasteiger charge is 2.58. The largest absolute Gasteiger partial charge is 0.469 e. The van der Waals surface area contributed by atoms with E-state index < -0.39 is 41.1 Å². The van der Waals surface area contributed by atoms with Gasteiger partial charge in [-0.05, 0) is 32.9 Å². The summed E-state index contributed by atoms with van der Waals surface area (Å²) in [5, 5.41) is 10.7. The van der Waals surface area contributed by atoms with Crippen LogP contribution in [0.1, 0.15) is 38.9 Å². The molecule has 4 atom stereocenters. The molecule has 7 nitrogen and oxygen atoms in total. The van der Waals surface area contributed by atoms with Crippen molar-refractivity contribution in [1.82, 2.24) is 0 Å². The third kappa shape index (κ3) is 3.36. The molecule has 1 N–H and O–H groups in total. The van der Waals surface area contributed by atoms with Gasteiger partial charge in [0.2, 0.25) is 0 Å². The predicted octanol–water partition coefficient (Wildman–Crippen LogP) is 1.45. The molecule has 1 aliphatic rings. The van der Waals surface area contributed by atoms with Crippen LogP contribution in [0.15, 0.2) is 22.8 Å². The van der Waals surface area contributed by atoms with Gasteiger partial charge in [0.15, 0.2) is 5.78 Å². The molecule has 0 aliphatic heterocycles. The molecule has 1 aliphatic carbocycles. The molecule has 24 heavy (non-hydrogen) atoms. The first-order valence-corrected chi connectivity index (χ1v) is 7.95. The Balaban J connectivity index is 2.53. The van der Waals surface area contributed by atoms with Crippen molar-refractivity contribution >= 4 is 17.7 Å². The molecule has 1 fully saturated rings. The summed E-state index contributed by atoms with van der Waals surface area (Å²) in [4.78, 5) is 37.3. The highest BCUT2D eigenvalue weighted by Crippen LogP contribution is 2.46. The van der Waals surface area contributed by atoms with Crippen LogP contribution in [0.5, 0.6) is 0 Å². The van der Waals surface area contributed by atoms with Gasteiger partial charge in [-0.1, -0.05) is 0 Å². The fourth-order valence-electron chi connectivity index (χ4n) is 3.30. The predicted molar refractivity (Wildman–Crippen MR) is 81.9 cm³/mol. The Kier molecular flexibility index (Phi) is 5.43. The van der Waals surface area contributed by atoms with Crippen molar-refractivity contribution in [2.75, 3.05) is 13.2 Å². The van der Waals surface area contributed by atoms with Crippen LogP contribution in [0.2, 0.25) is 0 Å². The molecule has 0 aromatic carbocycles. The number of hydrogen-bond donors (Lipinski definition) is 1. The van der Waals surface area contributed by atoms with Crippen molar-refractivity contribution in [3.63, 3.8) is 0 Å². The molecule has 1 heterocycles. The number of carbonyl (C=O) groups is 3. The van der Waals surface area contributed by atoms with E-state index >= 15 is 0 Å². The van der Waals surface area contributed by atoms with E-state index in [2.05, 4.69) is 0 Å². The van der Waals surface area contributed by atoms with E-state index in [0.717, 1.165) is 0 Å². The van der Waals surface area contributed by atoms with Crippen LogP contribution in [0.4, 0.5) is 0 Å². The summed E-state index contributed by atoms with van der Waals surface area (Å²) < 4.78 is 15.4. The molecular formula is C17H22O7. The van der Waals surface area contributed by atoms with Crippen LogP contribution in [0, 0.1) is 11.8 Å². The van der Waals surface area contributed by atoms with Crippen molar-refractivity contribution in [2.24, 2.45) is 11.8 Å². The van der Waals surface area contributed by atoms with Crippen molar-refractivity contribution < 1.29 is 33.4 Å². The normalized spacial score (nSPS) is 30.0.